The van der Waals surface area contributed by atoms with E-state index in [9.17, 15) is 14.4 Å². The second-order valence-electron chi connectivity index (χ2n) is 7.23. The van der Waals surface area contributed by atoms with Crippen LogP contribution in [0.1, 0.15) is 13.3 Å². The predicted molar refractivity (Wildman–Crippen MR) is 105 cm³/mol. The van der Waals surface area contributed by atoms with Gasteiger partial charge >= 0.3 is 0 Å². The molecule has 1 aromatic rings. The van der Waals surface area contributed by atoms with Crippen LogP contribution < -0.4 is 5.32 Å². The molecule has 2 saturated carbocycles. The molecule has 3 aliphatic rings. The molecule has 1 aliphatic heterocycles. The third kappa shape index (κ3) is 2.66. The van der Waals surface area contributed by atoms with E-state index in [0.29, 0.717) is 10.7 Å². The summed E-state index contributed by atoms with van der Waals surface area (Å²) in [4.78, 5) is 40.1. The second-order valence-corrected chi connectivity index (χ2v) is 9.78. The second kappa shape index (κ2) is 6.60. The molecule has 0 spiro atoms. The van der Waals surface area contributed by atoms with Crippen molar-refractivity contribution in [3.05, 3.63) is 29.3 Å². The summed E-state index contributed by atoms with van der Waals surface area (Å²) in [5.41, 5.74) is 0.537. The van der Waals surface area contributed by atoms with Gasteiger partial charge in [-0.3, -0.25) is 19.3 Å². The lowest BCUT2D eigenvalue weighted by molar-refractivity contribution is -0.146. The van der Waals surface area contributed by atoms with Crippen molar-refractivity contribution in [2.75, 3.05) is 5.32 Å². The zero-order valence-electron chi connectivity index (χ0n) is 13.9. The quantitative estimate of drug-likeness (QED) is 0.507. The van der Waals surface area contributed by atoms with Crippen LogP contribution in [0.2, 0.25) is 5.02 Å². The molecule has 26 heavy (non-hydrogen) atoms. The van der Waals surface area contributed by atoms with Gasteiger partial charge in [-0.2, -0.15) is 0 Å². The summed E-state index contributed by atoms with van der Waals surface area (Å²) >= 11 is 13.3. The summed E-state index contributed by atoms with van der Waals surface area (Å²) in [6.07, 6.45) is 0.871. The van der Waals surface area contributed by atoms with Crippen molar-refractivity contribution in [3.8, 4) is 0 Å². The van der Waals surface area contributed by atoms with Gasteiger partial charge in [0.05, 0.1) is 11.8 Å². The van der Waals surface area contributed by atoms with E-state index in [1.807, 2.05) is 0 Å². The highest BCUT2D eigenvalue weighted by molar-refractivity contribution is 9.12. The highest BCUT2D eigenvalue weighted by Gasteiger charge is 2.67. The van der Waals surface area contributed by atoms with Gasteiger partial charge in [-0.25, -0.2) is 0 Å². The normalized spacial score (nSPS) is 36.4. The minimum atomic E-state index is -0.860. The Kier molecular flexibility index (Phi) is 4.68. The Morgan fingerprint density at radius 1 is 1.19 bits per heavy atom. The third-order valence-electron chi connectivity index (χ3n) is 5.88. The first-order valence-corrected chi connectivity index (χ1v) is 10.7. The lowest BCUT2D eigenvalue weighted by Crippen LogP contribution is -2.46. The predicted octanol–water partition coefficient (Wildman–Crippen LogP) is 3.44. The average molecular weight is 505 g/mol. The van der Waals surface area contributed by atoms with Crippen LogP contribution in [0, 0.1) is 23.7 Å². The summed E-state index contributed by atoms with van der Waals surface area (Å²) in [6.45, 7) is 1.59. The number of imide groups is 1. The van der Waals surface area contributed by atoms with E-state index in [4.69, 9.17) is 11.6 Å². The first-order chi connectivity index (χ1) is 12.3. The summed E-state index contributed by atoms with van der Waals surface area (Å²) in [7, 11) is 0. The molecular formula is C18H17Br2ClN2O3. The number of amides is 3. The maximum absolute atomic E-state index is 13.0. The number of hydrogen-bond donors (Lipinski definition) is 1. The van der Waals surface area contributed by atoms with Gasteiger partial charge in [0.15, 0.2) is 0 Å². The molecule has 1 N–H and O–H groups in total. The molecular weight excluding hydrogens is 487 g/mol. The molecule has 1 aromatic carbocycles. The number of likely N-dealkylation sites (tertiary alicyclic amines) is 1. The van der Waals surface area contributed by atoms with Crippen LogP contribution in [0.5, 0.6) is 0 Å². The van der Waals surface area contributed by atoms with E-state index < -0.39 is 11.9 Å². The van der Waals surface area contributed by atoms with E-state index in [1.54, 1.807) is 31.2 Å². The third-order valence-corrected chi connectivity index (χ3v) is 9.32. The molecule has 138 valence electrons. The zero-order valence-corrected chi connectivity index (χ0v) is 17.8. The van der Waals surface area contributed by atoms with Crippen LogP contribution in [0.3, 0.4) is 0 Å². The van der Waals surface area contributed by atoms with Gasteiger partial charge in [0.25, 0.3) is 0 Å². The van der Waals surface area contributed by atoms with Crippen LogP contribution in [-0.4, -0.2) is 38.3 Å². The Morgan fingerprint density at radius 2 is 1.77 bits per heavy atom. The fourth-order valence-electron chi connectivity index (χ4n) is 4.68. The van der Waals surface area contributed by atoms with Crippen molar-refractivity contribution in [1.29, 1.82) is 0 Å². The Labute approximate surface area is 173 Å². The van der Waals surface area contributed by atoms with Crippen molar-refractivity contribution in [1.82, 2.24) is 4.90 Å². The van der Waals surface area contributed by atoms with Gasteiger partial charge < -0.3 is 5.32 Å². The smallest absolute Gasteiger partial charge is 0.247 e. The van der Waals surface area contributed by atoms with Gasteiger partial charge in [0.1, 0.15) is 6.04 Å². The fraction of sp³-hybridized carbons (Fsp3) is 0.500. The number of alkyl halides is 2. The summed E-state index contributed by atoms with van der Waals surface area (Å²) < 4.78 is 0. The van der Waals surface area contributed by atoms with E-state index >= 15 is 0 Å². The molecule has 0 aromatic heterocycles. The molecule has 3 amide bonds. The van der Waals surface area contributed by atoms with E-state index in [-0.39, 0.29) is 45.1 Å². The Balaban J connectivity index is 1.54. The van der Waals surface area contributed by atoms with E-state index in [0.717, 1.165) is 6.42 Å². The molecule has 8 heteroatoms. The highest BCUT2D eigenvalue weighted by Crippen LogP contribution is 2.60. The maximum Gasteiger partial charge on any atom is 0.247 e. The number of anilines is 1. The topological polar surface area (TPSA) is 66.5 Å². The first-order valence-electron chi connectivity index (χ1n) is 8.52. The lowest BCUT2D eigenvalue weighted by atomic mass is 9.81. The summed E-state index contributed by atoms with van der Waals surface area (Å²) in [5, 5.41) is 3.24. The summed E-state index contributed by atoms with van der Waals surface area (Å²) in [5.74, 6) is -1.18. The van der Waals surface area contributed by atoms with Gasteiger partial charge in [0, 0.05) is 20.4 Å². The number of benzene rings is 1. The average Bonchev–Trinajstić information content (AvgIpc) is 3.19. The molecule has 0 unspecified atom stereocenters. The minimum absolute atomic E-state index is 0.138. The molecule has 2 aliphatic carbocycles. The molecule has 5 nitrogen and oxygen atoms in total. The summed E-state index contributed by atoms with van der Waals surface area (Å²) in [6, 6.07) is 5.91. The zero-order chi connectivity index (χ0) is 18.7. The lowest BCUT2D eigenvalue weighted by Gasteiger charge is -2.28. The van der Waals surface area contributed by atoms with E-state index in [2.05, 4.69) is 37.2 Å². The SMILES string of the molecule is C[C@H](C(=O)Nc1cccc(Cl)c1)N1C(=O)[C@H]2[C@@H]3C[C@H]([C@@H](Br)[C@H]3Br)[C@@H]2C1=O. The Morgan fingerprint density at radius 3 is 2.31 bits per heavy atom. The van der Waals surface area contributed by atoms with Gasteiger partial charge in [-0.15, -0.1) is 0 Å². The number of rotatable bonds is 3. The minimum Gasteiger partial charge on any atom is -0.324 e. The van der Waals surface area contributed by atoms with Crippen LogP contribution in [-0.2, 0) is 14.4 Å². The largest absolute Gasteiger partial charge is 0.324 e. The number of nitrogens with one attached hydrogen (secondary N) is 1. The standard InChI is InChI=1S/C18H17Br2ClN2O3/c1-7(16(24)22-9-4-2-3-8(21)5-9)23-17(25)12-10-6-11(13(12)18(23)26)15(20)14(10)19/h2-5,7,10-15H,6H2,1H3,(H,22,24)/t7-,10+,11+,12+,13+,14-,15+/m1/s1. The van der Waals surface area contributed by atoms with Crippen molar-refractivity contribution in [2.45, 2.75) is 29.0 Å². The highest BCUT2D eigenvalue weighted by atomic mass is 79.9. The molecule has 3 fully saturated rings. The van der Waals surface area contributed by atoms with Crippen molar-refractivity contribution < 1.29 is 14.4 Å². The monoisotopic (exact) mass is 502 g/mol. The molecule has 7 atom stereocenters. The van der Waals surface area contributed by atoms with Gasteiger partial charge in [-0.05, 0) is 43.4 Å². The number of fused-ring (bicyclic) bond motifs is 5. The molecule has 2 bridgehead atoms. The van der Waals surface area contributed by atoms with Crippen LogP contribution >= 0.6 is 43.5 Å². The number of carbonyl (C=O) groups is 3. The fourth-order valence-corrected chi connectivity index (χ4v) is 6.75. The Hall–Kier alpha value is -0.920. The van der Waals surface area contributed by atoms with E-state index in [1.165, 1.54) is 4.90 Å². The maximum atomic E-state index is 13.0. The number of carbonyl (C=O) groups excluding carboxylic acids is 3. The van der Waals surface area contributed by atoms with Crippen LogP contribution in [0.25, 0.3) is 0 Å². The van der Waals surface area contributed by atoms with Crippen molar-refractivity contribution in [2.24, 2.45) is 23.7 Å². The Bertz CT molecular complexity index is 772. The van der Waals surface area contributed by atoms with Crippen molar-refractivity contribution >= 4 is 66.9 Å². The molecule has 4 rings (SSSR count). The first kappa shape index (κ1) is 18.4. The van der Waals surface area contributed by atoms with Crippen LogP contribution in [0.4, 0.5) is 5.69 Å². The van der Waals surface area contributed by atoms with Gasteiger partial charge in [-0.1, -0.05) is 49.5 Å². The number of halogens is 3. The number of nitrogens with zero attached hydrogens (tertiary/aromatic N) is 1. The van der Waals surface area contributed by atoms with Crippen molar-refractivity contribution in [3.63, 3.8) is 0 Å². The number of hydrogen-bond acceptors (Lipinski definition) is 3. The molecule has 0 radical (unpaired) electrons. The molecule has 1 heterocycles. The van der Waals surface area contributed by atoms with Gasteiger partial charge in [0.2, 0.25) is 17.7 Å². The van der Waals surface area contributed by atoms with Crippen LogP contribution in [0.15, 0.2) is 24.3 Å². The molecule has 1 saturated heterocycles.